The number of fused-ring (bicyclic) bond motifs is 3. The second kappa shape index (κ2) is 7.96. The molecule has 0 bridgehead atoms. The van der Waals surface area contributed by atoms with Gasteiger partial charge in [-0.3, -0.25) is 4.79 Å². The topological polar surface area (TPSA) is 55.0 Å². The third kappa shape index (κ3) is 3.68. The van der Waals surface area contributed by atoms with Crippen LogP contribution in [0.25, 0.3) is 21.6 Å². The van der Waals surface area contributed by atoms with Crippen molar-refractivity contribution in [1.29, 1.82) is 0 Å². The lowest BCUT2D eigenvalue weighted by Crippen LogP contribution is -2.11. The normalized spacial score (nSPS) is 13.4. The molecule has 5 rings (SSSR count). The van der Waals surface area contributed by atoms with Crippen molar-refractivity contribution >= 4 is 37.5 Å². The Kier molecular flexibility index (Phi) is 5.16. The molecule has 0 unspecified atom stereocenters. The summed E-state index contributed by atoms with van der Waals surface area (Å²) in [6, 6.07) is 11.8. The smallest absolute Gasteiger partial charge is 0.260 e. The van der Waals surface area contributed by atoms with Gasteiger partial charge in [0.2, 0.25) is 0 Å². The number of aromatic amines is 1. The molecule has 1 N–H and O–H groups in total. The monoisotopic (exact) mass is 484 g/mol. The van der Waals surface area contributed by atoms with Gasteiger partial charge in [0.05, 0.1) is 9.86 Å². The minimum atomic E-state index is -0.269. The second-order valence-corrected chi connectivity index (χ2v) is 9.30. The van der Waals surface area contributed by atoms with Crippen molar-refractivity contribution in [2.24, 2.45) is 0 Å². The molecule has 7 heteroatoms. The van der Waals surface area contributed by atoms with E-state index >= 15 is 0 Å². The van der Waals surface area contributed by atoms with E-state index in [0.717, 1.165) is 45.1 Å². The number of ether oxygens (including phenoxy) is 1. The average molecular weight is 485 g/mol. The average Bonchev–Trinajstić information content (AvgIpc) is 3.13. The van der Waals surface area contributed by atoms with Crippen LogP contribution in [0.5, 0.6) is 5.75 Å². The van der Waals surface area contributed by atoms with E-state index in [4.69, 9.17) is 9.72 Å². The van der Waals surface area contributed by atoms with Gasteiger partial charge in [0.25, 0.3) is 5.56 Å². The van der Waals surface area contributed by atoms with Crippen LogP contribution in [-0.2, 0) is 19.4 Å². The second-order valence-electron chi connectivity index (χ2n) is 7.37. The third-order valence-corrected chi connectivity index (χ3v) is 7.14. The Morgan fingerprint density at radius 2 is 1.93 bits per heavy atom. The van der Waals surface area contributed by atoms with E-state index < -0.39 is 0 Å². The minimum Gasteiger partial charge on any atom is -0.488 e. The summed E-state index contributed by atoms with van der Waals surface area (Å²) in [5.74, 6) is 0.948. The van der Waals surface area contributed by atoms with Crippen molar-refractivity contribution in [2.45, 2.75) is 32.3 Å². The van der Waals surface area contributed by atoms with Gasteiger partial charge in [0.1, 0.15) is 28.8 Å². The summed E-state index contributed by atoms with van der Waals surface area (Å²) >= 11 is 5.18. The molecule has 2 aromatic carbocycles. The van der Waals surface area contributed by atoms with Crippen LogP contribution in [0.3, 0.4) is 0 Å². The number of nitrogens with zero attached hydrogens (tertiary/aromatic N) is 1. The van der Waals surface area contributed by atoms with Gasteiger partial charge >= 0.3 is 0 Å². The highest BCUT2D eigenvalue weighted by Gasteiger charge is 2.20. The van der Waals surface area contributed by atoms with Crippen LogP contribution in [0.2, 0.25) is 0 Å². The van der Waals surface area contributed by atoms with Crippen molar-refractivity contribution in [3.8, 4) is 17.1 Å². The number of aromatic nitrogens is 2. The minimum absolute atomic E-state index is 0.0674. The Morgan fingerprint density at radius 3 is 2.73 bits per heavy atom. The third-order valence-electron chi connectivity index (χ3n) is 5.34. The number of hydrogen-bond donors (Lipinski definition) is 1. The summed E-state index contributed by atoms with van der Waals surface area (Å²) in [5.41, 5.74) is 2.81. The number of H-pyrrole nitrogens is 1. The van der Waals surface area contributed by atoms with Gasteiger partial charge in [-0.05, 0) is 83.1 Å². The van der Waals surface area contributed by atoms with Gasteiger partial charge in [-0.1, -0.05) is 12.1 Å². The van der Waals surface area contributed by atoms with Crippen LogP contribution in [-0.4, -0.2) is 9.97 Å². The maximum absolute atomic E-state index is 13.0. The van der Waals surface area contributed by atoms with Crippen LogP contribution >= 0.6 is 27.3 Å². The molecule has 1 aliphatic carbocycles. The number of nitrogens with one attached hydrogen (secondary N) is 1. The molecule has 0 fully saturated rings. The highest BCUT2D eigenvalue weighted by atomic mass is 79.9. The van der Waals surface area contributed by atoms with Crippen LogP contribution in [0.1, 0.15) is 28.8 Å². The molecule has 4 nitrogen and oxygen atoms in total. The van der Waals surface area contributed by atoms with E-state index in [2.05, 4.69) is 20.9 Å². The molecule has 0 atom stereocenters. The van der Waals surface area contributed by atoms with Gasteiger partial charge < -0.3 is 9.72 Å². The van der Waals surface area contributed by atoms with Crippen molar-refractivity contribution in [3.63, 3.8) is 0 Å². The van der Waals surface area contributed by atoms with Gasteiger partial charge in [0, 0.05) is 10.4 Å². The van der Waals surface area contributed by atoms with Gasteiger partial charge in [-0.15, -0.1) is 11.3 Å². The standard InChI is InChI=1S/C23H18BrFN2O2S/c24-17-11-14(7-10-18(17)29-12-13-5-8-15(25)9-6-13)21-26-22(28)20-16-3-1-2-4-19(16)30-23(20)27-21/h5-11H,1-4,12H2,(H,26,27,28). The molecule has 0 amide bonds. The Balaban J connectivity index is 1.43. The predicted octanol–water partition coefficient (Wildman–Crippen LogP) is 6.01. The van der Waals surface area contributed by atoms with Gasteiger partial charge in [0.15, 0.2) is 0 Å². The van der Waals surface area contributed by atoms with Crippen LogP contribution in [0, 0.1) is 5.82 Å². The zero-order valence-corrected chi connectivity index (χ0v) is 18.4. The molecule has 0 saturated heterocycles. The Labute approximate surface area is 184 Å². The van der Waals surface area contributed by atoms with Gasteiger partial charge in [-0.25, -0.2) is 9.37 Å². The van der Waals surface area contributed by atoms with E-state index in [-0.39, 0.29) is 11.4 Å². The summed E-state index contributed by atoms with van der Waals surface area (Å²) in [6.07, 6.45) is 4.31. The molecule has 0 radical (unpaired) electrons. The summed E-state index contributed by atoms with van der Waals surface area (Å²) in [5, 5.41) is 0.761. The number of halogens is 2. The molecule has 2 aromatic heterocycles. The zero-order chi connectivity index (χ0) is 20.7. The van der Waals surface area contributed by atoms with E-state index in [9.17, 15) is 9.18 Å². The summed E-state index contributed by atoms with van der Waals surface area (Å²) in [7, 11) is 0. The fourth-order valence-corrected chi connectivity index (χ4v) is 5.56. The predicted molar refractivity (Wildman–Crippen MR) is 121 cm³/mol. The first-order valence-electron chi connectivity index (χ1n) is 9.80. The van der Waals surface area contributed by atoms with Crippen LogP contribution < -0.4 is 10.3 Å². The summed E-state index contributed by atoms with van der Waals surface area (Å²) < 4.78 is 19.6. The number of thiophene rings is 1. The summed E-state index contributed by atoms with van der Waals surface area (Å²) in [6.45, 7) is 0.333. The van der Waals surface area contributed by atoms with Crippen LogP contribution in [0.15, 0.2) is 51.7 Å². The molecule has 1 aliphatic rings. The highest BCUT2D eigenvalue weighted by molar-refractivity contribution is 9.10. The number of hydrogen-bond acceptors (Lipinski definition) is 4. The Morgan fingerprint density at radius 1 is 1.13 bits per heavy atom. The maximum Gasteiger partial charge on any atom is 0.260 e. The van der Waals surface area contributed by atoms with Crippen molar-refractivity contribution in [3.05, 3.63) is 79.1 Å². The molecule has 30 heavy (non-hydrogen) atoms. The first-order chi connectivity index (χ1) is 14.6. The molecule has 0 spiro atoms. The first-order valence-corrected chi connectivity index (χ1v) is 11.4. The van der Waals surface area contributed by atoms with Gasteiger partial charge in [-0.2, -0.15) is 0 Å². The fourth-order valence-electron chi connectivity index (χ4n) is 3.81. The first kappa shape index (κ1) is 19.5. The van der Waals surface area contributed by atoms with E-state index in [1.807, 2.05) is 18.2 Å². The zero-order valence-electron chi connectivity index (χ0n) is 16.0. The maximum atomic E-state index is 13.0. The summed E-state index contributed by atoms with van der Waals surface area (Å²) in [4.78, 5) is 22.6. The molecular formula is C23H18BrFN2O2S. The molecule has 0 saturated carbocycles. The fraction of sp³-hybridized carbons (Fsp3) is 0.217. The molecular weight excluding hydrogens is 467 g/mol. The lowest BCUT2D eigenvalue weighted by Gasteiger charge is -2.10. The molecule has 0 aliphatic heterocycles. The highest BCUT2D eigenvalue weighted by Crippen LogP contribution is 2.35. The Bertz CT molecular complexity index is 1300. The van der Waals surface area contributed by atoms with Crippen molar-refractivity contribution in [2.75, 3.05) is 0 Å². The lowest BCUT2D eigenvalue weighted by molar-refractivity contribution is 0.304. The molecule has 152 valence electrons. The number of aryl methyl sites for hydroxylation is 2. The van der Waals surface area contributed by atoms with Crippen molar-refractivity contribution in [1.82, 2.24) is 9.97 Å². The quantitative estimate of drug-likeness (QED) is 0.385. The largest absolute Gasteiger partial charge is 0.488 e. The molecule has 2 heterocycles. The number of rotatable bonds is 4. The van der Waals surface area contributed by atoms with Crippen LogP contribution in [0.4, 0.5) is 4.39 Å². The van der Waals surface area contributed by atoms with E-state index in [0.29, 0.717) is 18.2 Å². The lowest BCUT2D eigenvalue weighted by atomic mass is 9.97. The SMILES string of the molecule is O=c1[nH]c(-c2ccc(OCc3ccc(F)cc3)c(Br)c2)nc2sc3c(c12)CCCC3. The Hall–Kier alpha value is -2.51. The number of benzene rings is 2. The van der Waals surface area contributed by atoms with Crippen molar-refractivity contribution < 1.29 is 9.13 Å². The molecule has 4 aromatic rings. The van der Waals surface area contributed by atoms with E-state index in [1.165, 1.54) is 29.0 Å². The van der Waals surface area contributed by atoms with E-state index in [1.54, 1.807) is 23.5 Å².